The SMILES string of the molecule is CC1(C)c2cc(/C=C/c3ccc(N(c4ccccc4)c4ccccc4)cc3)ccc2-c2cc3c(cc21)C(C)(C)c1cc(-c2ccc(/C=C/c4ccc(N(c5ccccc5)c5ccccc5)cc4)cc2)ccc1-3. The van der Waals surface area contributed by atoms with Gasteiger partial charge in [0.25, 0.3) is 0 Å². The van der Waals surface area contributed by atoms with E-state index in [1.807, 2.05) is 0 Å². The number of benzene rings is 10. The summed E-state index contributed by atoms with van der Waals surface area (Å²) in [6, 6.07) is 88.0. The van der Waals surface area contributed by atoms with E-state index in [-0.39, 0.29) is 10.8 Å². The molecule has 72 heavy (non-hydrogen) atoms. The number of anilines is 6. The van der Waals surface area contributed by atoms with Crippen LogP contribution in [0.5, 0.6) is 0 Å². The molecule has 10 aromatic carbocycles. The highest BCUT2D eigenvalue weighted by atomic mass is 15.1. The molecule has 2 aliphatic rings. The molecule has 2 nitrogen and oxygen atoms in total. The maximum Gasteiger partial charge on any atom is 0.0462 e. The molecular weight excluding hydrogens is 869 g/mol. The minimum Gasteiger partial charge on any atom is -0.311 e. The van der Waals surface area contributed by atoms with Gasteiger partial charge >= 0.3 is 0 Å². The van der Waals surface area contributed by atoms with E-state index in [4.69, 9.17) is 0 Å². The highest BCUT2D eigenvalue weighted by Crippen LogP contribution is 2.56. The van der Waals surface area contributed by atoms with Gasteiger partial charge in [-0.1, -0.05) is 210 Å². The zero-order valence-electron chi connectivity index (χ0n) is 41.3. The van der Waals surface area contributed by atoms with Crippen molar-refractivity contribution < 1.29 is 0 Å². The highest BCUT2D eigenvalue weighted by molar-refractivity contribution is 5.92. The first kappa shape index (κ1) is 44.5. The van der Waals surface area contributed by atoms with Gasteiger partial charge in [-0.05, 0) is 163 Å². The molecule has 0 saturated heterocycles. The van der Waals surface area contributed by atoms with E-state index in [2.05, 4.69) is 304 Å². The van der Waals surface area contributed by atoms with Gasteiger partial charge in [0.2, 0.25) is 0 Å². The van der Waals surface area contributed by atoms with Gasteiger partial charge in [0.1, 0.15) is 0 Å². The van der Waals surface area contributed by atoms with Crippen LogP contribution in [0.2, 0.25) is 0 Å². The van der Waals surface area contributed by atoms with Crippen LogP contribution >= 0.6 is 0 Å². The van der Waals surface area contributed by atoms with E-state index in [1.54, 1.807) is 0 Å². The van der Waals surface area contributed by atoms with Crippen LogP contribution in [-0.2, 0) is 10.8 Å². The molecule has 0 spiro atoms. The minimum atomic E-state index is -0.138. The quantitative estimate of drug-likeness (QED) is 0.119. The summed E-state index contributed by atoms with van der Waals surface area (Å²) in [5.74, 6) is 0. The second-order valence-electron chi connectivity index (χ2n) is 20.2. The zero-order chi connectivity index (χ0) is 48.8. The Morgan fingerprint density at radius 2 is 0.556 bits per heavy atom. The molecule has 346 valence electrons. The maximum atomic E-state index is 2.53. The summed E-state index contributed by atoms with van der Waals surface area (Å²) in [7, 11) is 0. The van der Waals surface area contributed by atoms with Crippen LogP contribution in [0.4, 0.5) is 34.1 Å². The molecule has 0 saturated carbocycles. The smallest absolute Gasteiger partial charge is 0.0462 e. The molecule has 0 atom stereocenters. The molecule has 0 aliphatic heterocycles. The van der Waals surface area contributed by atoms with Crippen LogP contribution in [-0.4, -0.2) is 0 Å². The molecule has 12 rings (SSSR count). The number of fused-ring (bicyclic) bond motifs is 6. The Kier molecular flexibility index (Phi) is 11.3. The van der Waals surface area contributed by atoms with Gasteiger partial charge in [0, 0.05) is 45.0 Å². The minimum absolute atomic E-state index is 0.134. The lowest BCUT2D eigenvalue weighted by molar-refractivity contribution is 0.639. The average Bonchev–Trinajstić information content (AvgIpc) is 3.79. The van der Waals surface area contributed by atoms with E-state index >= 15 is 0 Å². The first-order chi connectivity index (χ1) is 35.2. The second-order valence-corrected chi connectivity index (χ2v) is 20.2. The van der Waals surface area contributed by atoms with E-state index in [1.165, 1.54) is 72.3 Å². The highest BCUT2D eigenvalue weighted by Gasteiger charge is 2.42. The molecule has 0 fully saturated rings. The van der Waals surface area contributed by atoms with Gasteiger partial charge in [-0.25, -0.2) is 0 Å². The number of rotatable bonds is 11. The van der Waals surface area contributed by atoms with Crippen molar-refractivity contribution in [2.75, 3.05) is 9.80 Å². The van der Waals surface area contributed by atoms with Gasteiger partial charge in [0.15, 0.2) is 0 Å². The lowest BCUT2D eigenvalue weighted by Crippen LogP contribution is -2.19. The van der Waals surface area contributed by atoms with Gasteiger partial charge in [0.05, 0.1) is 0 Å². The molecule has 0 amide bonds. The molecule has 0 N–H and O–H groups in total. The fourth-order valence-corrected chi connectivity index (χ4v) is 11.1. The number of hydrogen-bond acceptors (Lipinski definition) is 2. The average molecular weight is 925 g/mol. The van der Waals surface area contributed by atoms with Crippen molar-refractivity contribution in [1.29, 1.82) is 0 Å². The molecule has 0 radical (unpaired) electrons. The fraction of sp³-hybridized carbons (Fsp3) is 0.0857. The van der Waals surface area contributed by atoms with Gasteiger partial charge in [-0.2, -0.15) is 0 Å². The molecular formula is C70H56N2. The molecule has 0 bridgehead atoms. The summed E-state index contributed by atoms with van der Waals surface area (Å²) in [5.41, 5.74) is 24.7. The van der Waals surface area contributed by atoms with E-state index in [0.717, 1.165) is 39.7 Å². The van der Waals surface area contributed by atoms with E-state index in [9.17, 15) is 0 Å². The summed E-state index contributed by atoms with van der Waals surface area (Å²) < 4.78 is 0. The van der Waals surface area contributed by atoms with Crippen LogP contribution in [0, 0.1) is 0 Å². The van der Waals surface area contributed by atoms with Gasteiger partial charge in [-0.15, -0.1) is 0 Å². The Labute approximate surface area is 425 Å². The van der Waals surface area contributed by atoms with Crippen molar-refractivity contribution in [1.82, 2.24) is 0 Å². The number of para-hydroxylation sites is 4. The predicted octanol–water partition coefficient (Wildman–Crippen LogP) is 19.2. The summed E-state index contributed by atoms with van der Waals surface area (Å²) >= 11 is 0. The van der Waals surface area contributed by atoms with Gasteiger partial charge in [-0.3, -0.25) is 0 Å². The predicted molar refractivity (Wildman–Crippen MR) is 307 cm³/mol. The molecule has 0 aromatic heterocycles. The Bertz CT molecular complexity index is 3550. The lowest BCUT2D eigenvalue weighted by Gasteiger charge is -2.26. The normalized spacial score (nSPS) is 13.7. The Balaban J connectivity index is 0.759. The largest absolute Gasteiger partial charge is 0.311 e. The Morgan fingerprint density at radius 1 is 0.250 bits per heavy atom. The second kappa shape index (κ2) is 18.2. The van der Waals surface area contributed by atoms with E-state index in [0.29, 0.717) is 0 Å². The third-order valence-corrected chi connectivity index (χ3v) is 15.0. The summed E-state index contributed by atoms with van der Waals surface area (Å²) in [6.45, 7) is 9.60. The third-order valence-electron chi connectivity index (χ3n) is 15.0. The molecule has 2 heteroatoms. The van der Waals surface area contributed by atoms with Crippen LogP contribution in [0.1, 0.15) is 72.2 Å². The Hall–Kier alpha value is -8.72. The molecule has 0 unspecified atom stereocenters. The molecule has 10 aromatic rings. The molecule has 0 heterocycles. The zero-order valence-corrected chi connectivity index (χ0v) is 41.3. The number of hydrogen-bond donors (Lipinski definition) is 0. The summed E-state index contributed by atoms with van der Waals surface area (Å²) in [6.07, 6.45) is 8.89. The van der Waals surface area contributed by atoms with Crippen LogP contribution in [0.3, 0.4) is 0 Å². The van der Waals surface area contributed by atoms with Crippen molar-refractivity contribution in [2.24, 2.45) is 0 Å². The van der Waals surface area contributed by atoms with Crippen molar-refractivity contribution in [3.05, 3.63) is 287 Å². The van der Waals surface area contributed by atoms with Crippen molar-refractivity contribution in [3.8, 4) is 33.4 Å². The van der Waals surface area contributed by atoms with Crippen LogP contribution < -0.4 is 9.80 Å². The third kappa shape index (κ3) is 8.15. The topological polar surface area (TPSA) is 6.48 Å². The number of nitrogens with zero attached hydrogens (tertiary/aromatic N) is 2. The fourth-order valence-electron chi connectivity index (χ4n) is 11.1. The maximum absolute atomic E-state index is 2.53. The van der Waals surface area contributed by atoms with Gasteiger partial charge < -0.3 is 9.80 Å². The summed E-state index contributed by atoms with van der Waals surface area (Å²) in [4.78, 5) is 4.59. The Morgan fingerprint density at radius 3 is 0.972 bits per heavy atom. The van der Waals surface area contributed by atoms with Crippen molar-refractivity contribution in [2.45, 2.75) is 38.5 Å². The van der Waals surface area contributed by atoms with Crippen LogP contribution in [0.25, 0.3) is 57.7 Å². The summed E-state index contributed by atoms with van der Waals surface area (Å²) in [5, 5.41) is 0. The first-order valence-electron chi connectivity index (χ1n) is 25.2. The van der Waals surface area contributed by atoms with Crippen molar-refractivity contribution in [3.63, 3.8) is 0 Å². The molecule has 2 aliphatic carbocycles. The standard InChI is InChI=1S/C70H56N2/c1-69(2)65-45-52(28-27-51-33-41-60(42-34-51)72(57-21-13-7-14-22-57)58-23-15-8-16-24-58)35-43-61(65)63-47-64-62-44-38-54(46-66(62)70(3,4)68(64)48-67(63)69)53-36-29-49(30-37-53)25-26-50-31-39-59(40-32-50)71(55-17-9-5-10-18-55)56-19-11-6-12-20-56/h5-48H,1-4H3/b26-25+,28-27+. The first-order valence-corrected chi connectivity index (χ1v) is 25.2. The van der Waals surface area contributed by atoms with E-state index < -0.39 is 0 Å². The van der Waals surface area contributed by atoms with Crippen molar-refractivity contribution >= 4 is 58.4 Å². The monoisotopic (exact) mass is 924 g/mol. The van der Waals surface area contributed by atoms with Crippen LogP contribution in [0.15, 0.2) is 243 Å². The lowest BCUT2D eigenvalue weighted by atomic mass is 9.77.